The minimum absolute atomic E-state index is 0.0611. The Labute approximate surface area is 274 Å². The summed E-state index contributed by atoms with van der Waals surface area (Å²) in [6.07, 6.45) is 11.0. The fourth-order valence-electron chi connectivity index (χ4n) is 6.21. The number of hydrogen-bond acceptors (Lipinski definition) is 6. The summed E-state index contributed by atoms with van der Waals surface area (Å²) < 4.78 is 45.1. The van der Waals surface area contributed by atoms with Crippen molar-refractivity contribution in [3.8, 4) is 0 Å². The van der Waals surface area contributed by atoms with E-state index in [1.54, 1.807) is 0 Å². The zero-order valence-corrected chi connectivity index (χ0v) is 33.9. The van der Waals surface area contributed by atoms with Gasteiger partial charge >= 0.3 is 7.82 Å². The molecule has 0 radical (unpaired) electrons. The molecule has 2 aliphatic rings. The molecule has 0 amide bonds. The maximum atomic E-state index is 13.5. The van der Waals surface area contributed by atoms with Crippen LogP contribution in [0, 0.1) is 23.7 Å². The first-order valence-electron chi connectivity index (χ1n) is 17.4. The fourth-order valence-corrected chi connectivity index (χ4v) is 10.3. The summed E-state index contributed by atoms with van der Waals surface area (Å²) in [5.41, 5.74) is 0.978. The van der Waals surface area contributed by atoms with Crippen LogP contribution in [0.4, 0.5) is 0 Å². The lowest BCUT2D eigenvalue weighted by molar-refractivity contribution is 0.0734. The van der Waals surface area contributed by atoms with Crippen molar-refractivity contribution in [1.29, 1.82) is 0 Å². The first kappa shape index (κ1) is 40.1. The molecule has 0 aromatic heterocycles. The van der Waals surface area contributed by atoms with Gasteiger partial charge in [0.25, 0.3) is 0 Å². The quantitative estimate of drug-likeness (QED) is 0.0870. The molecule has 2 rings (SSSR count). The molecule has 44 heavy (non-hydrogen) atoms. The highest BCUT2D eigenvalue weighted by Crippen LogP contribution is 2.59. The Morgan fingerprint density at radius 1 is 0.955 bits per heavy atom. The monoisotopic (exact) mass is 672 g/mol. The standard InChI is InChI=1S/C35H69O6PSi2/c1-16-19-20-26(4)23-28(40-43(12,13)34(6,7)8)21-22-29-30-24-27(5)33(39-42(36,37-17-2)38-18-3)31(30)25-32(29)41-44(14,15)35(9,10)11/h21-22,26,28-33H,5,16-20,23-25H2,1-4,6-15H3/b22-21+/t26-,28+,29+,30+,31-,32+,33?/m0/s1. The van der Waals surface area contributed by atoms with Crippen LogP contribution in [0.1, 0.15) is 108 Å². The van der Waals surface area contributed by atoms with Crippen LogP contribution in [0.3, 0.4) is 0 Å². The van der Waals surface area contributed by atoms with Crippen molar-refractivity contribution in [2.24, 2.45) is 23.7 Å². The fraction of sp³-hybridized carbons (Fsp3) is 0.886. The highest BCUT2D eigenvalue weighted by molar-refractivity contribution is 7.48. The average Bonchev–Trinajstić information content (AvgIpc) is 3.33. The molecule has 7 atom stereocenters. The number of rotatable bonds is 17. The van der Waals surface area contributed by atoms with E-state index in [0.717, 1.165) is 24.8 Å². The predicted octanol–water partition coefficient (Wildman–Crippen LogP) is 11.3. The van der Waals surface area contributed by atoms with Crippen LogP contribution in [-0.4, -0.2) is 48.2 Å². The van der Waals surface area contributed by atoms with Gasteiger partial charge in [-0.3, -0.25) is 13.6 Å². The molecule has 0 bridgehead atoms. The summed E-state index contributed by atoms with van der Waals surface area (Å²) in [6, 6.07) is 0. The first-order chi connectivity index (χ1) is 20.1. The van der Waals surface area contributed by atoms with Crippen molar-refractivity contribution >= 4 is 24.5 Å². The van der Waals surface area contributed by atoms with Crippen molar-refractivity contribution in [3.63, 3.8) is 0 Å². The van der Waals surface area contributed by atoms with Gasteiger partial charge in [0, 0.05) is 5.92 Å². The van der Waals surface area contributed by atoms with E-state index in [1.807, 2.05) is 13.8 Å². The summed E-state index contributed by atoms with van der Waals surface area (Å²) in [5, 5.41) is 0.238. The van der Waals surface area contributed by atoms with Gasteiger partial charge in [-0.1, -0.05) is 93.4 Å². The summed E-state index contributed by atoms with van der Waals surface area (Å²) in [5.74, 6) is 1.24. The molecular formula is C35H69O6PSi2. The Morgan fingerprint density at radius 2 is 1.52 bits per heavy atom. The Balaban J connectivity index is 2.47. The SMILES string of the molecule is C=C1C[C@@H]2[C@@H](/C=C/[C@H](C[C@@H](C)CCCC)O[Si](C)(C)C(C)(C)C)[C@H](O[Si](C)(C)C(C)(C)C)C[C@@H]2C1OP(=O)(OCC)OCC. The maximum absolute atomic E-state index is 13.5. The van der Waals surface area contributed by atoms with Crippen LogP contribution >= 0.6 is 7.82 Å². The van der Waals surface area contributed by atoms with Crippen molar-refractivity contribution in [1.82, 2.24) is 0 Å². The third kappa shape index (κ3) is 10.5. The lowest BCUT2D eigenvalue weighted by Gasteiger charge is -2.40. The van der Waals surface area contributed by atoms with Crippen LogP contribution in [0.25, 0.3) is 0 Å². The van der Waals surface area contributed by atoms with Gasteiger partial charge in [0.15, 0.2) is 16.6 Å². The smallest absolute Gasteiger partial charge is 0.413 e. The Kier molecular flexibility index (Phi) is 14.5. The van der Waals surface area contributed by atoms with Gasteiger partial charge < -0.3 is 8.85 Å². The van der Waals surface area contributed by atoms with E-state index < -0.39 is 24.5 Å². The second kappa shape index (κ2) is 15.9. The molecule has 0 aromatic carbocycles. The van der Waals surface area contributed by atoms with Crippen molar-refractivity contribution in [2.75, 3.05) is 13.2 Å². The van der Waals surface area contributed by atoms with E-state index in [2.05, 4.69) is 100 Å². The molecule has 1 unspecified atom stereocenters. The van der Waals surface area contributed by atoms with Crippen LogP contribution in [-0.2, 0) is 27.0 Å². The van der Waals surface area contributed by atoms with Crippen molar-refractivity contribution in [2.45, 2.75) is 162 Å². The lowest BCUT2D eigenvalue weighted by atomic mass is 9.89. The number of phosphoric acid groups is 1. The summed E-state index contributed by atoms with van der Waals surface area (Å²) in [4.78, 5) is 0. The molecule has 6 nitrogen and oxygen atoms in total. The predicted molar refractivity (Wildman–Crippen MR) is 191 cm³/mol. The van der Waals surface area contributed by atoms with Crippen LogP contribution in [0.2, 0.25) is 36.3 Å². The topological polar surface area (TPSA) is 63.2 Å². The van der Waals surface area contributed by atoms with Gasteiger partial charge in [-0.2, -0.15) is 0 Å². The van der Waals surface area contributed by atoms with Gasteiger partial charge in [-0.05, 0) is 92.7 Å². The van der Waals surface area contributed by atoms with Crippen LogP contribution < -0.4 is 0 Å². The van der Waals surface area contributed by atoms with Crippen LogP contribution in [0.5, 0.6) is 0 Å². The first-order valence-corrected chi connectivity index (χ1v) is 24.7. The normalized spacial score (nSPS) is 26.9. The highest BCUT2D eigenvalue weighted by Gasteiger charge is 2.55. The van der Waals surface area contributed by atoms with E-state index >= 15 is 0 Å². The summed E-state index contributed by atoms with van der Waals surface area (Å²) in [6.45, 7) is 36.4. The Bertz CT molecular complexity index is 988. The second-order valence-electron chi connectivity index (χ2n) is 16.5. The van der Waals surface area contributed by atoms with E-state index in [-0.39, 0.29) is 53.4 Å². The minimum Gasteiger partial charge on any atom is -0.413 e. The van der Waals surface area contributed by atoms with E-state index in [4.69, 9.17) is 22.4 Å². The van der Waals surface area contributed by atoms with E-state index in [9.17, 15) is 4.57 Å². The number of hydrogen-bond donors (Lipinski definition) is 0. The molecule has 0 aliphatic heterocycles. The van der Waals surface area contributed by atoms with E-state index in [0.29, 0.717) is 11.8 Å². The van der Waals surface area contributed by atoms with Crippen LogP contribution in [0.15, 0.2) is 24.3 Å². The van der Waals surface area contributed by atoms with E-state index in [1.165, 1.54) is 19.3 Å². The molecule has 0 heterocycles. The third-order valence-corrected chi connectivity index (χ3v) is 21.5. The van der Waals surface area contributed by atoms with Gasteiger partial charge in [-0.25, -0.2) is 4.57 Å². The minimum atomic E-state index is -3.68. The van der Waals surface area contributed by atoms with Crippen molar-refractivity contribution in [3.05, 3.63) is 24.3 Å². The Morgan fingerprint density at radius 3 is 2.02 bits per heavy atom. The van der Waals surface area contributed by atoms with Gasteiger partial charge in [0.2, 0.25) is 0 Å². The Hall–Kier alpha value is -0.0562. The molecule has 2 aliphatic carbocycles. The molecule has 0 spiro atoms. The summed E-state index contributed by atoms with van der Waals surface area (Å²) in [7, 11) is -7.72. The molecule has 2 saturated carbocycles. The number of fused-ring (bicyclic) bond motifs is 1. The second-order valence-corrected chi connectivity index (χ2v) is 27.6. The van der Waals surface area contributed by atoms with Gasteiger partial charge in [0.1, 0.15) is 0 Å². The molecular weight excluding hydrogens is 604 g/mol. The molecule has 2 fully saturated rings. The lowest BCUT2D eigenvalue weighted by Crippen LogP contribution is -2.45. The third-order valence-electron chi connectivity index (χ3n) is 10.8. The number of phosphoric ester groups is 1. The maximum Gasteiger partial charge on any atom is 0.475 e. The van der Waals surface area contributed by atoms with Gasteiger partial charge in [-0.15, -0.1) is 0 Å². The van der Waals surface area contributed by atoms with Gasteiger partial charge in [0.05, 0.1) is 31.5 Å². The molecule has 0 aromatic rings. The number of unbranched alkanes of at least 4 members (excludes halogenated alkanes) is 1. The molecule has 258 valence electrons. The summed E-state index contributed by atoms with van der Waals surface area (Å²) >= 11 is 0. The zero-order valence-electron chi connectivity index (χ0n) is 31.0. The van der Waals surface area contributed by atoms with Crippen molar-refractivity contribution < 1.29 is 27.0 Å². The molecule has 0 N–H and O–H groups in total. The largest absolute Gasteiger partial charge is 0.475 e. The average molecular weight is 673 g/mol. The highest BCUT2D eigenvalue weighted by atomic mass is 31.2. The zero-order chi connectivity index (χ0) is 33.7. The molecule has 9 heteroatoms. The molecule has 0 saturated heterocycles.